The number of amides is 1. The fourth-order valence-electron chi connectivity index (χ4n) is 0.720. The van der Waals surface area contributed by atoms with Crippen molar-refractivity contribution in [2.45, 2.75) is 6.92 Å². The Kier molecular flexibility index (Phi) is 3.65. The number of anilines is 1. The molecule has 1 aromatic rings. The highest BCUT2D eigenvalue weighted by Gasteiger charge is 2.20. The van der Waals surface area contributed by atoms with E-state index < -0.39 is 17.8 Å². The first-order chi connectivity index (χ1) is 6.50. The maximum Gasteiger partial charge on any atom is 0.315 e. The number of carbonyl (C=O) groups is 2. The quantitative estimate of drug-likeness (QED) is 0.833. The lowest BCUT2D eigenvalue weighted by Crippen LogP contribution is -2.26. The lowest BCUT2D eigenvalue weighted by Gasteiger charge is -2.05. The number of halogens is 1. The van der Waals surface area contributed by atoms with E-state index in [1.165, 1.54) is 18.3 Å². The average Bonchev–Trinajstić information content (AvgIpc) is 2.49. The van der Waals surface area contributed by atoms with Crippen LogP contribution in [0.5, 0.6) is 0 Å². The molecule has 1 amide bonds. The third-order valence-electron chi connectivity index (χ3n) is 1.58. The van der Waals surface area contributed by atoms with Gasteiger partial charge in [0, 0.05) is 9.85 Å². The maximum atomic E-state index is 11.3. The van der Waals surface area contributed by atoms with E-state index in [-0.39, 0.29) is 0 Å². The van der Waals surface area contributed by atoms with Gasteiger partial charge in [-0.1, -0.05) is 0 Å². The van der Waals surface area contributed by atoms with Crippen molar-refractivity contribution in [3.63, 3.8) is 0 Å². The van der Waals surface area contributed by atoms with Gasteiger partial charge in [0.15, 0.2) is 0 Å². The number of rotatable bonds is 3. The first-order valence-electron chi connectivity index (χ1n) is 3.78. The molecular weight excluding hydrogens is 270 g/mol. The second-order valence-corrected chi connectivity index (χ2v) is 4.51. The van der Waals surface area contributed by atoms with E-state index in [4.69, 9.17) is 5.11 Å². The third-order valence-corrected chi connectivity index (χ3v) is 3.18. The second-order valence-electron chi connectivity index (χ2n) is 2.68. The number of carboxylic acids is 1. The molecule has 0 aliphatic rings. The number of hydrogen-bond donors (Lipinski definition) is 2. The van der Waals surface area contributed by atoms with Gasteiger partial charge in [0.1, 0.15) is 5.92 Å². The number of carboxylic acid groups (broad SMARTS) is 1. The molecule has 0 radical (unpaired) electrons. The van der Waals surface area contributed by atoms with E-state index >= 15 is 0 Å². The van der Waals surface area contributed by atoms with Crippen molar-refractivity contribution in [2.24, 2.45) is 5.92 Å². The monoisotopic (exact) mass is 277 g/mol. The van der Waals surface area contributed by atoms with Crippen molar-refractivity contribution in [3.05, 3.63) is 15.9 Å². The Labute approximate surface area is 93.1 Å². The molecule has 2 N–H and O–H groups in total. The van der Waals surface area contributed by atoms with Crippen LogP contribution in [0, 0.1) is 5.92 Å². The zero-order valence-corrected chi connectivity index (χ0v) is 9.68. The Balaban J connectivity index is 2.61. The van der Waals surface area contributed by atoms with Gasteiger partial charge in [0.2, 0.25) is 5.91 Å². The summed E-state index contributed by atoms with van der Waals surface area (Å²) in [5.74, 6) is -2.67. The van der Waals surface area contributed by atoms with E-state index in [9.17, 15) is 9.59 Å². The van der Waals surface area contributed by atoms with Gasteiger partial charge in [-0.05, 0) is 28.9 Å². The first-order valence-corrected chi connectivity index (χ1v) is 5.45. The fourth-order valence-corrected chi connectivity index (χ4v) is 2.04. The molecule has 4 nitrogen and oxygen atoms in total. The van der Waals surface area contributed by atoms with Crippen LogP contribution in [-0.2, 0) is 9.59 Å². The molecule has 1 heterocycles. The van der Waals surface area contributed by atoms with Crippen LogP contribution in [0.3, 0.4) is 0 Å². The van der Waals surface area contributed by atoms with Gasteiger partial charge in [0.25, 0.3) is 0 Å². The predicted molar refractivity (Wildman–Crippen MR) is 57.4 cm³/mol. The zero-order valence-electron chi connectivity index (χ0n) is 7.28. The van der Waals surface area contributed by atoms with E-state index in [1.807, 2.05) is 0 Å². The molecule has 0 saturated heterocycles. The number of thiophene rings is 1. The standard InChI is InChI=1S/C8H8BrNO3S/c1-4(8(12)13)7(11)10-6-2-5(9)3-14-6/h2-4H,1H3,(H,10,11)(H,12,13). The summed E-state index contributed by atoms with van der Waals surface area (Å²) in [4.78, 5) is 21.7. The number of aliphatic carboxylic acids is 1. The molecule has 0 spiro atoms. The van der Waals surface area contributed by atoms with Crippen LogP contribution in [0.1, 0.15) is 6.92 Å². The SMILES string of the molecule is CC(C(=O)O)C(=O)Nc1cc(Br)cs1. The van der Waals surface area contributed by atoms with Gasteiger partial charge in [-0.25, -0.2) is 0 Å². The van der Waals surface area contributed by atoms with Crippen molar-refractivity contribution in [1.82, 2.24) is 0 Å². The number of carbonyl (C=O) groups excluding carboxylic acids is 1. The Bertz CT molecular complexity index is 363. The highest BCUT2D eigenvalue weighted by Crippen LogP contribution is 2.24. The zero-order chi connectivity index (χ0) is 10.7. The van der Waals surface area contributed by atoms with Crippen LogP contribution in [-0.4, -0.2) is 17.0 Å². The van der Waals surface area contributed by atoms with Gasteiger partial charge >= 0.3 is 5.97 Å². The third kappa shape index (κ3) is 2.81. The fraction of sp³-hybridized carbons (Fsp3) is 0.250. The summed E-state index contributed by atoms with van der Waals surface area (Å²) < 4.78 is 0.862. The number of nitrogens with one attached hydrogen (secondary N) is 1. The molecular formula is C8H8BrNO3S. The van der Waals surface area contributed by atoms with Gasteiger partial charge in [-0.2, -0.15) is 0 Å². The Morgan fingerprint density at radius 1 is 1.64 bits per heavy atom. The summed E-state index contributed by atoms with van der Waals surface area (Å²) in [6, 6.07) is 1.72. The Morgan fingerprint density at radius 3 is 2.71 bits per heavy atom. The average molecular weight is 278 g/mol. The molecule has 0 aromatic carbocycles. The predicted octanol–water partition coefficient (Wildman–Crippen LogP) is 2.17. The maximum absolute atomic E-state index is 11.3. The molecule has 76 valence electrons. The summed E-state index contributed by atoms with van der Waals surface area (Å²) in [6.07, 6.45) is 0. The summed E-state index contributed by atoms with van der Waals surface area (Å²) >= 11 is 4.57. The Hall–Kier alpha value is -0.880. The minimum absolute atomic E-state index is 0.508. The van der Waals surface area contributed by atoms with E-state index in [2.05, 4.69) is 21.2 Å². The molecule has 6 heteroatoms. The molecule has 0 aliphatic heterocycles. The second kappa shape index (κ2) is 4.56. The van der Waals surface area contributed by atoms with Gasteiger partial charge in [0.05, 0.1) is 5.00 Å². The molecule has 0 saturated carbocycles. The molecule has 1 rings (SSSR count). The molecule has 1 aromatic heterocycles. The van der Waals surface area contributed by atoms with Crippen LogP contribution in [0.2, 0.25) is 0 Å². The van der Waals surface area contributed by atoms with Crippen molar-refractivity contribution >= 4 is 44.1 Å². The van der Waals surface area contributed by atoms with Gasteiger partial charge < -0.3 is 10.4 Å². The molecule has 1 unspecified atom stereocenters. The highest BCUT2D eigenvalue weighted by atomic mass is 79.9. The lowest BCUT2D eigenvalue weighted by atomic mass is 10.2. The van der Waals surface area contributed by atoms with E-state index in [0.717, 1.165) is 4.47 Å². The van der Waals surface area contributed by atoms with Crippen molar-refractivity contribution in [1.29, 1.82) is 0 Å². The Morgan fingerprint density at radius 2 is 2.29 bits per heavy atom. The lowest BCUT2D eigenvalue weighted by molar-refractivity contribution is -0.144. The summed E-state index contributed by atoms with van der Waals surface area (Å²) in [7, 11) is 0. The van der Waals surface area contributed by atoms with E-state index in [0.29, 0.717) is 5.00 Å². The highest BCUT2D eigenvalue weighted by molar-refractivity contribution is 9.10. The number of hydrogen-bond acceptors (Lipinski definition) is 3. The van der Waals surface area contributed by atoms with Crippen molar-refractivity contribution in [3.8, 4) is 0 Å². The van der Waals surface area contributed by atoms with E-state index in [1.54, 1.807) is 11.4 Å². The summed E-state index contributed by atoms with van der Waals surface area (Å²) in [5, 5.41) is 13.5. The first kappa shape index (κ1) is 11.2. The molecule has 1 atom stereocenters. The van der Waals surface area contributed by atoms with Crippen LogP contribution >= 0.6 is 27.3 Å². The minimum atomic E-state index is -1.13. The van der Waals surface area contributed by atoms with Crippen molar-refractivity contribution in [2.75, 3.05) is 5.32 Å². The van der Waals surface area contributed by atoms with Gasteiger partial charge in [-0.3, -0.25) is 9.59 Å². The van der Waals surface area contributed by atoms with Crippen LogP contribution in [0.4, 0.5) is 5.00 Å². The topological polar surface area (TPSA) is 66.4 Å². The van der Waals surface area contributed by atoms with Crippen LogP contribution in [0.15, 0.2) is 15.9 Å². The van der Waals surface area contributed by atoms with Gasteiger partial charge in [-0.15, -0.1) is 11.3 Å². The molecule has 14 heavy (non-hydrogen) atoms. The smallest absolute Gasteiger partial charge is 0.315 e. The summed E-state index contributed by atoms with van der Waals surface area (Å²) in [6.45, 7) is 1.35. The van der Waals surface area contributed by atoms with Crippen LogP contribution < -0.4 is 5.32 Å². The minimum Gasteiger partial charge on any atom is -0.481 e. The summed E-state index contributed by atoms with van der Waals surface area (Å²) in [5.41, 5.74) is 0. The molecule has 0 aliphatic carbocycles. The molecule has 0 bridgehead atoms. The van der Waals surface area contributed by atoms with Crippen molar-refractivity contribution < 1.29 is 14.7 Å². The van der Waals surface area contributed by atoms with Crippen LogP contribution in [0.25, 0.3) is 0 Å². The molecule has 0 fully saturated rings. The normalized spacial score (nSPS) is 12.1. The largest absolute Gasteiger partial charge is 0.481 e.